The van der Waals surface area contributed by atoms with Crippen LogP contribution in [-0.4, -0.2) is 16.9 Å². The summed E-state index contributed by atoms with van der Waals surface area (Å²) in [6.07, 6.45) is 0.444. The number of ether oxygens (including phenoxy) is 1. The molecule has 3 heteroatoms. The van der Waals surface area contributed by atoms with Crippen molar-refractivity contribution in [1.82, 2.24) is 0 Å². The summed E-state index contributed by atoms with van der Waals surface area (Å²) in [5.74, 6) is 0.0874. The van der Waals surface area contributed by atoms with Crippen LogP contribution in [0.4, 0.5) is 0 Å². The fourth-order valence-corrected chi connectivity index (χ4v) is 2.59. The minimum atomic E-state index is -0.0955. The van der Waals surface area contributed by atoms with E-state index in [2.05, 4.69) is 47.1 Å². The Kier molecular flexibility index (Phi) is 3.33. The first-order valence-electron chi connectivity index (χ1n) is 5.48. The molecular weight excluding hydrogens is 268 g/mol. The molecule has 0 amide bonds. The number of cyclic esters (lactones) is 1. The van der Waals surface area contributed by atoms with E-state index in [9.17, 15) is 4.79 Å². The molecule has 2 nitrogen and oxygen atoms in total. The first kappa shape index (κ1) is 11.6. The highest BCUT2D eigenvalue weighted by Crippen LogP contribution is 2.36. The standard InChI is InChI=1S/C13H15BrO2/c1-8-3-5-10(6-4-8)11-7-12(15)16-13(11)9(2)14/h3-6,9,11,13H,7H2,1-2H3/t9?,11-,13-/m0/s1. The van der Waals surface area contributed by atoms with Crippen molar-refractivity contribution in [3.8, 4) is 0 Å². The second-order valence-electron chi connectivity index (χ2n) is 4.35. The first-order chi connectivity index (χ1) is 7.58. The van der Waals surface area contributed by atoms with Gasteiger partial charge in [-0.3, -0.25) is 4.79 Å². The third kappa shape index (κ3) is 2.29. The summed E-state index contributed by atoms with van der Waals surface area (Å²) in [4.78, 5) is 11.6. The minimum absolute atomic E-state index is 0.0461. The Hall–Kier alpha value is -0.830. The summed E-state index contributed by atoms with van der Waals surface area (Å²) in [5, 5.41) is 0. The van der Waals surface area contributed by atoms with Crippen molar-refractivity contribution < 1.29 is 9.53 Å². The van der Waals surface area contributed by atoms with Gasteiger partial charge in [-0.15, -0.1) is 0 Å². The van der Waals surface area contributed by atoms with Crippen LogP contribution >= 0.6 is 15.9 Å². The molecule has 2 rings (SSSR count). The lowest BCUT2D eigenvalue weighted by Crippen LogP contribution is -2.23. The Morgan fingerprint density at radius 3 is 2.56 bits per heavy atom. The number of halogens is 1. The predicted molar refractivity (Wildman–Crippen MR) is 66.8 cm³/mol. The summed E-state index contributed by atoms with van der Waals surface area (Å²) in [6, 6.07) is 8.33. The van der Waals surface area contributed by atoms with Gasteiger partial charge in [0.1, 0.15) is 6.10 Å². The Morgan fingerprint density at radius 1 is 1.38 bits per heavy atom. The fourth-order valence-electron chi connectivity index (χ4n) is 2.11. The minimum Gasteiger partial charge on any atom is -0.460 e. The van der Waals surface area contributed by atoms with Gasteiger partial charge in [0.25, 0.3) is 0 Å². The van der Waals surface area contributed by atoms with Gasteiger partial charge in [0, 0.05) is 10.7 Å². The second kappa shape index (κ2) is 4.58. The lowest BCUT2D eigenvalue weighted by molar-refractivity contribution is -0.141. The van der Waals surface area contributed by atoms with Gasteiger partial charge in [-0.1, -0.05) is 45.8 Å². The molecule has 0 saturated carbocycles. The van der Waals surface area contributed by atoms with Gasteiger partial charge >= 0.3 is 5.97 Å². The molecule has 0 radical (unpaired) electrons. The zero-order valence-electron chi connectivity index (χ0n) is 9.44. The van der Waals surface area contributed by atoms with Crippen molar-refractivity contribution in [1.29, 1.82) is 0 Å². The zero-order chi connectivity index (χ0) is 11.7. The van der Waals surface area contributed by atoms with Gasteiger partial charge in [-0.2, -0.15) is 0 Å². The van der Waals surface area contributed by atoms with Crippen LogP contribution in [-0.2, 0) is 9.53 Å². The van der Waals surface area contributed by atoms with E-state index in [1.54, 1.807) is 0 Å². The largest absolute Gasteiger partial charge is 0.460 e. The molecule has 1 saturated heterocycles. The van der Waals surface area contributed by atoms with Gasteiger partial charge in [-0.05, 0) is 19.4 Å². The van der Waals surface area contributed by atoms with Crippen molar-refractivity contribution >= 4 is 21.9 Å². The second-order valence-corrected chi connectivity index (χ2v) is 5.80. The Bertz CT molecular complexity index is 383. The highest BCUT2D eigenvalue weighted by atomic mass is 79.9. The van der Waals surface area contributed by atoms with Crippen molar-refractivity contribution in [2.45, 2.75) is 37.1 Å². The number of hydrogen-bond donors (Lipinski definition) is 0. The summed E-state index contributed by atoms with van der Waals surface area (Å²) in [6.45, 7) is 4.08. The fraction of sp³-hybridized carbons (Fsp3) is 0.462. The van der Waals surface area contributed by atoms with E-state index in [0.717, 1.165) is 0 Å². The summed E-state index contributed by atoms with van der Waals surface area (Å²) >= 11 is 3.50. The number of esters is 1. The lowest BCUT2D eigenvalue weighted by Gasteiger charge is -2.20. The zero-order valence-corrected chi connectivity index (χ0v) is 11.0. The van der Waals surface area contributed by atoms with E-state index < -0.39 is 0 Å². The maximum Gasteiger partial charge on any atom is 0.306 e. The highest BCUT2D eigenvalue weighted by molar-refractivity contribution is 9.09. The molecule has 1 aromatic rings. The van der Waals surface area contributed by atoms with Crippen LogP contribution in [0.15, 0.2) is 24.3 Å². The van der Waals surface area contributed by atoms with Crippen LogP contribution in [0.1, 0.15) is 30.4 Å². The van der Waals surface area contributed by atoms with Crippen LogP contribution in [0.5, 0.6) is 0 Å². The Balaban J connectivity index is 2.25. The molecule has 0 bridgehead atoms. The average Bonchev–Trinajstić information content (AvgIpc) is 2.61. The van der Waals surface area contributed by atoms with Gasteiger partial charge in [-0.25, -0.2) is 0 Å². The molecule has 0 aromatic heterocycles. The van der Waals surface area contributed by atoms with E-state index >= 15 is 0 Å². The molecule has 1 aromatic carbocycles. The number of hydrogen-bond acceptors (Lipinski definition) is 2. The van der Waals surface area contributed by atoms with E-state index in [1.807, 2.05) is 6.92 Å². The smallest absolute Gasteiger partial charge is 0.306 e. The van der Waals surface area contributed by atoms with Crippen molar-refractivity contribution in [2.24, 2.45) is 0 Å². The number of carbonyl (C=O) groups is 1. The topological polar surface area (TPSA) is 26.3 Å². The van der Waals surface area contributed by atoms with Crippen molar-refractivity contribution in [2.75, 3.05) is 0 Å². The average molecular weight is 283 g/mol. The first-order valence-corrected chi connectivity index (χ1v) is 6.39. The van der Waals surface area contributed by atoms with Crippen LogP contribution in [0, 0.1) is 6.92 Å². The van der Waals surface area contributed by atoms with Crippen LogP contribution in [0.2, 0.25) is 0 Å². The molecule has 1 aliphatic rings. The number of aryl methyl sites for hydroxylation is 1. The maximum absolute atomic E-state index is 11.4. The molecular formula is C13H15BrO2. The molecule has 3 atom stereocenters. The quantitative estimate of drug-likeness (QED) is 0.615. The number of benzene rings is 1. The van der Waals surface area contributed by atoms with E-state index in [1.165, 1.54) is 11.1 Å². The Labute approximate surface area is 104 Å². The van der Waals surface area contributed by atoms with Crippen LogP contribution in [0.3, 0.4) is 0 Å². The van der Waals surface area contributed by atoms with Gasteiger partial charge in [0.05, 0.1) is 6.42 Å². The summed E-state index contributed by atoms with van der Waals surface area (Å²) in [7, 11) is 0. The molecule has 1 fully saturated rings. The molecule has 16 heavy (non-hydrogen) atoms. The molecule has 0 aliphatic carbocycles. The normalized spacial score (nSPS) is 26.6. The third-order valence-corrected chi connectivity index (χ3v) is 3.53. The molecule has 1 heterocycles. The van der Waals surface area contributed by atoms with Crippen LogP contribution in [0.25, 0.3) is 0 Å². The number of carbonyl (C=O) groups excluding carboxylic acids is 1. The lowest BCUT2D eigenvalue weighted by atomic mass is 9.91. The molecule has 0 spiro atoms. The Morgan fingerprint density at radius 2 is 2.00 bits per heavy atom. The van der Waals surface area contributed by atoms with Crippen molar-refractivity contribution in [3.63, 3.8) is 0 Å². The summed E-state index contributed by atoms with van der Waals surface area (Å²) < 4.78 is 5.33. The highest BCUT2D eigenvalue weighted by Gasteiger charge is 2.38. The van der Waals surface area contributed by atoms with Crippen molar-refractivity contribution in [3.05, 3.63) is 35.4 Å². The van der Waals surface area contributed by atoms with Gasteiger partial charge in [0.15, 0.2) is 0 Å². The number of alkyl halides is 1. The van der Waals surface area contributed by atoms with E-state index in [0.29, 0.717) is 6.42 Å². The number of rotatable bonds is 2. The monoisotopic (exact) mass is 282 g/mol. The third-order valence-electron chi connectivity index (χ3n) is 3.01. The van der Waals surface area contributed by atoms with Gasteiger partial charge in [0.2, 0.25) is 0 Å². The molecule has 1 unspecified atom stereocenters. The van der Waals surface area contributed by atoms with Gasteiger partial charge < -0.3 is 4.74 Å². The van der Waals surface area contributed by atoms with Crippen LogP contribution < -0.4 is 0 Å². The van der Waals surface area contributed by atoms with E-state index in [-0.39, 0.29) is 22.8 Å². The maximum atomic E-state index is 11.4. The molecule has 86 valence electrons. The summed E-state index contributed by atoms with van der Waals surface area (Å²) in [5.41, 5.74) is 2.42. The predicted octanol–water partition coefficient (Wildman–Crippen LogP) is 3.18. The molecule has 1 aliphatic heterocycles. The van der Waals surface area contributed by atoms with E-state index in [4.69, 9.17) is 4.74 Å². The SMILES string of the molecule is Cc1ccc([C@@H]2CC(=O)O[C@H]2C(C)Br)cc1. The molecule has 0 N–H and O–H groups in total.